The van der Waals surface area contributed by atoms with Crippen molar-refractivity contribution in [2.75, 3.05) is 25.4 Å². The van der Waals surface area contributed by atoms with E-state index in [1.54, 1.807) is 40.3 Å². The highest BCUT2D eigenvalue weighted by Gasteiger charge is 2.48. The molecule has 2 fully saturated rings. The standard InChI is InChI=1S/C20H21BrN2O3S2/c21-17-8-6-16(7-9-17)19(24)23-14-15-27-20(23)10-12-22(13-11-20)28(25,26)18-4-2-1-3-5-18/h1-9H,10-15H2. The van der Waals surface area contributed by atoms with E-state index in [2.05, 4.69) is 15.9 Å². The number of sulfonamides is 1. The minimum Gasteiger partial charge on any atom is -0.323 e. The molecule has 8 heteroatoms. The van der Waals surface area contributed by atoms with Crippen LogP contribution in [-0.2, 0) is 10.0 Å². The number of carbonyl (C=O) groups excluding carboxylic acids is 1. The fourth-order valence-corrected chi connectivity index (χ4v) is 7.06. The minimum absolute atomic E-state index is 0.0249. The molecule has 2 saturated heterocycles. The Morgan fingerprint density at radius 3 is 2.25 bits per heavy atom. The first-order chi connectivity index (χ1) is 13.4. The molecule has 0 atom stereocenters. The summed E-state index contributed by atoms with van der Waals surface area (Å²) in [5.74, 6) is 0.908. The van der Waals surface area contributed by atoms with Gasteiger partial charge in [0.05, 0.1) is 9.77 Å². The van der Waals surface area contributed by atoms with Gasteiger partial charge in [0, 0.05) is 35.4 Å². The van der Waals surface area contributed by atoms with E-state index in [9.17, 15) is 13.2 Å². The Labute approximate surface area is 178 Å². The van der Waals surface area contributed by atoms with Crippen molar-refractivity contribution in [2.24, 2.45) is 0 Å². The minimum atomic E-state index is -3.49. The van der Waals surface area contributed by atoms with Crippen molar-refractivity contribution < 1.29 is 13.2 Å². The van der Waals surface area contributed by atoms with Crippen LogP contribution in [0.15, 0.2) is 64.0 Å². The van der Waals surface area contributed by atoms with Gasteiger partial charge in [-0.2, -0.15) is 4.31 Å². The Bertz CT molecular complexity index is 957. The molecular weight excluding hydrogens is 460 g/mol. The van der Waals surface area contributed by atoms with Crippen LogP contribution in [-0.4, -0.2) is 53.8 Å². The lowest BCUT2D eigenvalue weighted by atomic mass is 10.0. The van der Waals surface area contributed by atoms with Crippen LogP contribution in [0.1, 0.15) is 23.2 Å². The maximum atomic E-state index is 13.1. The lowest BCUT2D eigenvalue weighted by Crippen LogP contribution is -2.53. The molecule has 2 aromatic carbocycles. The molecule has 1 amide bonds. The van der Waals surface area contributed by atoms with Gasteiger partial charge in [-0.05, 0) is 49.2 Å². The van der Waals surface area contributed by atoms with E-state index in [-0.39, 0.29) is 10.8 Å². The van der Waals surface area contributed by atoms with Crippen LogP contribution in [0.4, 0.5) is 0 Å². The summed E-state index contributed by atoms with van der Waals surface area (Å²) in [7, 11) is -3.49. The van der Waals surface area contributed by atoms with Crippen LogP contribution in [0.2, 0.25) is 0 Å². The molecule has 0 N–H and O–H groups in total. The Hall–Kier alpha value is -1.35. The number of carbonyl (C=O) groups is 1. The fraction of sp³-hybridized carbons (Fsp3) is 0.350. The molecule has 5 nitrogen and oxygen atoms in total. The quantitative estimate of drug-likeness (QED) is 0.669. The van der Waals surface area contributed by atoms with Gasteiger partial charge in [-0.15, -0.1) is 11.8 Å². The van der Waals surface area contributed by atoms with Crippen molar-refractivity contribution in [1.29, 1.82) is 0 Å². The van der Waals surface area contributed by atoms with Gasteiger partial charge < -0.3 is 4.90 Å². The highest BCUT2D eigenvalue weighted by atomic mass is 79.9. The lowest BCUT2D eigenvalue weighted by Gasteiger charge is -2.43. The number of piperidine rings is 1. The van der Waals surface area contributed by atoms with Crippen LogP contribution >= 0.6 is 27.7 Å². The molecule has 4 rings (SSSR count). The molecule has 0 unspecified atom stereocenters. The molecule has 0 radical (unpaired) electrons. The zero-order valence-electron chi connectivity index (χ0n) is 15.3. The van der Waals surface area contributed by atoms with Crippen LogP contribution < -0.4 is 0 Å². The summed E-state index contributed by atoms with van der Waals surface area (Å²) in [4.78, 5) is 15.1. The van der Waals surface area contributed by atoms with Crippen molar-refractivity contribution in [1.82, 2.24) is 9.21 Å². The Morgan fingerprint density at radius 1 is 0.964 bits per heavy atom. The van der Waals surface area contributed by atoms with Gasteiger partial charge in [0.25, 0.3) is 5.91 Å². The van der Waals surface area contributed by atoms with Crippen LogP contribution in [0.3, 0.4) is 0 Å². The van der Waals surface area contributed by atoms with Gasteiger partial charge in [0.2, 0.25) is 10.0 Å². The number of hydrogen-bond donors (Lipinski definition) is 0. The van der Waals surface area contributed by atoms with E-state index in [0.717, 1.165) is 10.2 Å². The molecule has 2 aliphatic heterocycles. The largest absolute Gasteiger partial charge is 0.323 e. The Kier molecular flexibility index (Phi) is 5.57. The lowest BCUT2D eigenvalue weighted by molar-refractivity contribution is 0.0605. The molecule has 2 aromatic rings. The summed E-state index contributed by atoms with van der Waals surface area (Å²) in [6.07, 6.45) is 1.29. The average Bonchev–Trinajstić information content (AvgIpc) is 3.12. The van der Waals surface area contributed by atoms with Crippen molar-refractivity contribution in [3.8, 4) is 0 Å². The maximum Gasteiger partial charge on any atom is 0.254 e. The topological polar surface area (TPSA) is 57.7 Å². The second-order valence-electron chi connectivity index (χ2n) is 6.98. The molecule has 2 aliphatic rings. The third-order valence-corrected chi connectivity index (χ3v) is 9.39. The number of rotatable bonds is 3. The van der Waals surface area contributed by atoms with E-state index in [4.69, 9.17) is 0 Å². The van der Waals surface area contributed by atoms with Gasteiger partial charge in [0.15, 0.2) is 0 Å². The van der Waals surface area contributed by atoms with Crippen molar-refractivity contribution in [2.45, 2.75) is 22.6 Å². The fourth-order valence-electron chi connectivity index (χ4n) is 3.88. The first kappa shape index (κ1) is 19.9. The van der Waals surface area contributed by atoms with E-state index < -0.39 is 10.0 Å². The average molecular weight is 481 g/mol. The number of hydrogen-bond acceptors (Lipinski definition) is 4. The highest BCUT2D eigenvalue weighted by Crippen LogP contribution is 2.45. The molecule has 28 heavy (non-hydrogen) atoms. The summed E-state index contributed by atoms with van der Waals surface area (Å²) < 4.78 is 28.3. The highest BCUT2D eigenvalue weighted by molar-refractivity contribution is 9.10. The van der Waals surface area contributed by atoms with Gasteiger partial charge in [-0.1, -0.05) is 34.1 Å². The Balaban J connectivity index is 1.51. The predicted octanol–water partition coefficient (Wildman–Crippen LogP) is 3.82. The number of thioether (sulfide) groups is 1. The van der Waals surface area contributed by atoms with Crippen LogP contribution in [0.25, 0.3) is 0 Å². The maximum absolute atomic E-state index is 13.1. The number of nitrogens with zero attached hydrogens (tertiary/aromatic N) is 2. The molecule has 2 heterocycles. The van der Waals surface area contributed by atoms with E-state index in [0.29, 0.717) is 42.9 Å². The monoisotopic (exact) mass is 480 g/mol. The second kappa shape index (κ2) is 7.82. The molecule has 0 bridgehead atoms. The number of amides is 1. The predicted molar refractivity (Wildman–Crippen MR) is 115 cm³/mol. The number of halogens is 1. The third-order valence-electron chi connectivity index (χ3n) is 5.40. The zero-order valence-corrected chi connectivity index (χ0v) is 18.5. The molecule has 0 aromatic heterocycles. The van der Waals surface area contributed by atoms with Crippen molar-refractivity contribution >= 4 is 43.6 Å². The first-order valence-electron chi connectivity index (χ1n) is 9.19. The summed E-state index contributed by atoms with van der Waals surface area (Å²) >= 11 is 5.18. The van der Waals surface area contributed by atoms with E-state index in [1.807, 2.05) is 35.2 Å². The van der Waals surface area contributed by atoms with Crippen LogP contribution in [0.5, 0.6) is 0 Å². The first-order valence-corrected chi connectivity index (χ1v) is 12.4. The normalized spacial score (nSPS) is 19.8. The van der Waals surface area contributed by atoms with Gasteiger partial charge in [-0.3, -0.25) is 4.79 Å². The van der Waals surface area contributed by atoms with E-state index >= 15 is 0 Å². The second-order valence-corrected chi connectivity index (χ2v) is 11.3. The van der Waals surface area contributed by atoms with Gasteiger partial charge in [-0.25, -0.2) is 8.42 Å². The molecule has 1 spiro atoms. The smallest absolute Gasteiger partial charge is 0.254 e. The summed E-state index contributed by atoms with van der Waals surface area (Å²) in [6.45, 7) is 1.55. The van der Waals surface area contributed by atoms with Crippen molar-refractivity contribution in [3.05, 3.63) is 64.6 Å². The van der Waals surface area contributed by atoms with Crippen LogP contribution in [0, 0.1) is 0 Å². The van der Waals surface area contributed by atoms with Gasteiger partial charge >= 0.3 is 0 Å². The summed E-state index contributed by atoms with van der Waals surface area (Å²) in [6, 6.07) is 16.0. The van der Waals surface area contributed by atoms with E-state index in [1.165, 1.54) is 0 Å². The third kappa shape index (κ3) is 3.63. The molecular formula is C20H21BrN2O3S2. The molecule has 0 saturated carbocycles. The summed E-state index contributed by atoms with van der Waals surface area (Å²) in [5, 5.41) is 0. The molecule has 0 aliphatic carbocycles. The number of benzene rings is 2. The molecule has 148 valence electrons. The summed E-state index contributed by atoms with van der Waals surface area (Å²) in [5.41, 5.74) is 0.671. The Morgan fingerprint density at radius 2 is 1.61 bits per heavy atom. The van der Waals surface area contributed by atoms with Gasteiger partial charge in [0.1, 0.15) is 0 Å². The van der Waals surface area contributed by atoms with Crippen molar-refractivity contribution in [3.63, 3.8) is 0 Å². The SMILES string of the molecule is O=C(c1ccc(Br)cc1)N1CCSC12CCN(S(=O)(=O)c1ccccc1)CC2. The zero-order chi connectivity index (χ0) is 19.8.